The number of likely N-dealkylation sites (tertiary alicyclic amines) is 1. The molecule has 1 N–H and O–H groups in total. The van der Waals surface area contributed by atoms with Crippen molar-refractivity contribution in [2.24, 2.45) is 0 Å². The van der Waals surface area contributed by atoms with Crippen LogP contribution in [-0.2, 0) is 11.3 Å². The molecule has 28 heavy (non-hydrogen) atoms. The summed E-state index contributed by atoms with van der Waals surface area (Å²) in [4.78, 5) is 19.2. The number of pyridine rings is 1. The van der Waals surface area contributed by atoms with Crippen LogP contribution in [0.25, 0.3) is 0 Å². The van der Waals surface area contributed by atoms with Crippen molar-refractivity contribution < 1.29 is 9.53 Å². The maximum atomic E-state index is 12.7. The van der Waals surface area contributed by atoms with Gasteiger partial charge in [-0.1, -0.05) is 49.2 Å². The van der Waals surface area contributed by atoms with E-state index in [-0.39, 0.29) is 12.1 Å². The molecule has 1 saturated carbocycles. The SMILES string of the molecule is O=C(OCc1ccccc1)N1CCCC[C@H]1c1ccc(NC2CCCC2)nc1. The molecule has 1 aromatic carbocycles. The summed E-state index contributed by atoms with van der Waals surface area (Å²) < 4.78 is 5.59. The third-order valence-corrected chi connectivity index (χ3v) is 5.82. The fourth-order valence-electron chi connectivity index (χ4n) is 4.27. The monoisotopic (exact) mass is 379 g/mol. The van der Waals surface area contributed by atoms with Crippen LogP contribution < -0.4 is 5.32 Å². The summed E-state index contributed by atoms with van der Waals surface area (Å²) in [6.45, 7) is 1.05. The van der Waals surface area contributed by atoms with E-state index in [1.54, 1.807) is 0 Å². The van der Waals surface area contributed by atoms with Crippen molar-refractivity contribution >= 4 is 11.9 Å². The van der Waals surface area contributed by atoms with Crippen molar-refractivity contribution in [1.82, 2.24) is 9.88 Å². The zero-order valence-electron chi connectivity index (χ0n) is 16.3. The van der Waals surface area contributed by atoms with Gasteiger partial charge in [-0.3, -0.25) is 0 Å². The number of carbonyl (C=O) groups is 1. The molecule has 0 bridgehead atoms. The van der Waals surface area contributed by atoms with Gasteiger partial charge in [0.15, 0.2) is 0 Å². The first-order valence-corrected chi connectivity index (χ1v) is 10.5. The van der Waals surface area contributed by atoms with Crippen molar-refractivity contribution in [3.63, 3.8) is 0 Å². The van der Waals surface area contributed by atoms with Gasteiger partial charge in [0.1, 0.15) is 12.4 Å². The number of hydrogen-bond donors (Lipinski definition) is 1. The van der Waals surface area contributed by atoms with Crippen LogP contribution in [0.2, 0.25) is 0 Å². The first-order valence-electron chi connectivity index (χ1n) is 10.5. The van der Waals surface area contributed by atoms with Crippen LogP contribution in [0.3, 0.4) is 0 Å². The van der Waals surface area contributed by atoms with Gasteiger partial charge in [0.25, 0.3) is 0 Å². The Morgan fingerprint density at radius 1 is 1.04 bits per heavy atom. The van der Waals surface area contributed by atoms with Crippen molar-refractivity contribution in [3.8, 4) is 0 Å². The molecule has 2 aliphatic rings. The lowest BCUT2D eigenvalue weighted by Gasteiger charge is -2.35. The molecular formula is C23H29N3O2. The van der Waals surface area contributed by atoms with E-state index in [4.69, 9.17) is 4.74 Å². The molecular weight excluding hydrogens is 350 g/mol. The number of aromatic nitrogens is 1. The number of amides is 1. The number of nitrogens with zero attached hydrogens (tertiary/aromatic N) is 2. The van der Waals surface area contributed by atoms with Crippen molar-refractivity contribution in [2.45, 2.75) is 63.6 Å². The third kappa shape index (κ3) is 4.64. The Balaban J connectivity index is 1.39. The van der Waals surface area contributed by atoms with Gasteiger partial charge in [-0.05, 0) is 49.3 Å². The molecule has 5 nitrogen and oxygen atoms in total. The van der Waals surface area contributed by atoms with Crippen LogP contribution in [0.1, 0.15) is 62.1 Å². The summed E-state index contributed by atoms with van der Waals surface area (Å²) in [6, 6.07) is 14.6. The number of piperidine rings is 1. The molecule has 0 spiro atoms. The number of carbonyl (C=O) groups excluding carboxylic acids is 1. The maximum absolute atomic E-state index is 12.7. The van der Waals surface area contributed by atoms with Gasteiger partial charge in [0.2, 0.25) is 0 Å². The molecule has 0 unspecified atom stereocenters. The number of nitrogens with one attached hydrogen (secondary N) is 1. The zero-order chi connectivity index (χ0) is 19.2. The van der Waals surface area contributed by atoms with Crippen LogP contribution in [0.4, 0.5) is 10.6 Å². The average Bonchev–Trinajstić information content (AvgIpc) is 3.26. The fourth-order valence-corrected chi connectivity index (χ4v) is 4.27. The van der Waals surface area contributed by atoms with Crippen molar-refractivity contribution in [2.75, 3.05) is 11.9 Å². The summed E-state index contributed by atoms with van der Waals surface area (Å²) in [7, 11) is 0. The molecule has 1 aromatic heterocycles. The van der Waals surface area contributed by atoms with Gasteiger partial charge in [0.05, 0.1) is 6.04 Å². The Morgan fingerprint density at radius 3 is 2.57 bits per heavy atom. The molecule has 1 aliphatic carbocycles. The van der Waals surface area contributed by atoms with E-state index in [2.05, 4.69) is 22.4 Å². The highest BCUT2D eigenvalue weighted by Crippen LogP contribution is 2.32. The lowest BCUT2D eigenvalue weighted by atomic mass is 9.97. The minimum Gasteiger partial charge on any atom is -0.445 e. The van der Waals surface area contributed by atoms with E-state index in [1.807, 2.05) is 41.4 Å². The molecule has 1 atom stereocenters. The van der Waals surface area contributed by atoms with E-state index >= 15 is 0 Å². The molecule has 148 valence electrons. The van der Waals surface area contributed by atoms with E-state index in [9.17, 15) is 4.79 Å². The molecule has 5 heteroatoms. The molecule has 0 radical (unpaired) electrons. The maximum Gasteiger partial charge on any atom is 0.410 e. The third-order valence-electron chi connectivity index (χ3n) is 5.82. The Labute approximate surface area is 167 Å². The van der Waals surface area contributed by atoms with Gasteiger partial charge in [-0.25, -0.2) is 9.78 Å². The molecule has 2 fully saturated rings. The molecule has 1 saturated heterocycles. The molecule has 2 heterocycles. The predicted octanol–water partition coefficient (Wildman–Crippen LogP) is 5.30. The predicted molar refractivity (Wildman–Crippen MR) is 110 cm³/mol. The largest absolute Gasteiger partial charge is 0.445 e. The van der Waals surface area contributed by atoms with Crippen LogP contribution in [0.15, 0.2) is 48.7 Å². The summed E-state index contributed by atoms with van der Waals surface area (Å²) in [5.74, 6) is 0.935. The van der Waals surface area contributed by atoms with E-state index in [1.165, 1.54) is 25.7 Å². The number of hydrogen-bond acceptors (Lipinski definition) is 4. The zero-order valence-corrected chi connectivity index (χ0v) is 16.3. The number of anilines is 1. The molecule has 1 amide bonds. The highest BCUT2D eigenvalue weighted by atomic mass is 16.6. The van der Waals surface area contributed by atoms with Gasteiger partial charge in [-0.15, -0.1) is 0 Å². The highest BCUT2D eigenvalue weighted by molar-refractivity contribution is 5.68. The second-order valence-electron chi connectivity index (χ2n) is 7.85. The Hall–Kier alpha value is -2.56. The van der Waals surface area contributed by atoms with Crippen molar-refractivity contribution in [1.29, 1.82) is 0 Å². The molecule has 2 aromatic rings. The first-order chi connectivity index (χ1) is 13.8. The lowest BCUT2D eigenvalue weighted by Crippen LogP contribution is -2.38. The fraction of sp³-hybridized carbons (Fsp3) is 0.478. The highest BCUT2D eigenvalue weighted by Gasteiger charge is 2.29. The van der Waals surface area contributed by atoms with Gasteiger partial charge in [0, 0.05) is 18.8 Å². The number of rotatable bonds is 5. The van der Waals surface area contributed by atoms with Gasteiger partial charge < -0.3 is 15.0 Å². The minimum atomic E-state index is -0.235. The van der Waals surface area contributed by atoms with Crippen LogP contribution in [-0.4, -0.2) is 28.6 Å². The summed E-state index contributed by atoms with van der Waals surface area (Å²) in [6.07, 6.45) is 9.85. The summed E-state index contributed by atoms with van der Waals surface area (Å²) in [5.41, 5.74) is 2.10. The second-order valence-corrected chi connectivity index (χ2v) is 7.85. The van der Waals surface area contributed by atoms with Crippen LogP contribution >= 0.6 is 0 Å². The standard InChI is InChI=1S/C23H29N3O2/c27-23(28-17-18-8-2-1-3-9-18)26-15-7-6-12-21(26)19-13-14-22(24-16-19)25-20-10-4-5-11-20/h1-3,8-9,13-14,16,20-21H,4-7,10-12,15,17H2,(H,24,25)/t21-/m0/s1. The smallest absolute Gasteiger partial charge is 0.410 e. The Kier molecular flexibility index (Phi) is 6.10. The van der Waals surface area contributed by atoms with Crippen molar-refractivity contribution in [3.05, 3.63) is 59.8 Å². The Bertz CT molecular complexity index is 757. The second kappa shape index (κ2) is 9.09. The average molecular weight is 380 g/mol. The first kappa shape index (κ1) is 18.8. The van der Waals surface area contributed by atoms with E-state index in [0.717, 1.165) is 42.8 Å². The normalized spacial score (nSPS) is 20.1. The van der Waals surface area contributed by atoms with E-state index < -0.39 is 0 Å². The topological polar surface area (TPSA) is 54.5 Å². The number of benzene rings is 1. The summed E-state index contributed by atoms with van der Waals surface area (Å²) in [5, 5.41) is 3.53. The van der Waals surface area contributed by atoms with Gasteiger partial charge >= 0.3 is 6.09 Å². The minimum absolute atomic E-state index is 0.0463. The number of ether oxygens (including phenoxy) is 1. The quantitative estimate of drug-likeness (QED) is 0.766. The molecule has 4 rings (SSSR count). The summed E-state index contributed by atoms with van der Waals surface area (Å²) >= 11 is 0. The molecule has 1 aliphatic heterocycles. The van der Waals surface area contributed by atoms with Crippen LogP contribution in [0, 0.1) is 0 Å². The van der Waals surface area contributed by atoms with Crippen LogP contribution in [0.5, 0.6) is 0 Å². The van der Waals surface area contributed by atoms with Gasteiger partial charge in [-0.2, -0.15) is 0 Å². The van der Waals surface area contributed by atoms with E-state index in [0.29, 0.717) is 12.6 Å². The Morgan fingerprint density at radius 2 is 1.82 bits per heavy atom. The lowest BCUT2D eigenvalue weighted by molar-refractivity contribution is 0.0678.